The van der Waals surface area contributed by atoms with E-state index in [1.165, 1.54) is 0 Å². The van der Waals surface area contributed by atoms with Crippen LogP contribution >= 0.6 is 11.6 Å². The number of rotatable bonds is 1. The van der Waals surface area contributed by atoms with E-state index in [0.29, 0.717) is 5.92 Å². The van der Waals surface area contributed by atoms with Gasteiger partial charge in [0.2, 0.25) is 5.24 Å². The molecular formula is C5H7ClO. The van der Waals surface area contributed by atoms with Crippen LogP contribution in [0.1, 0.15) is 13.3 Å². The molecule has 1 aliphatic carbocycles. The van der Waals surface area contributed by atoms with E-state index in [0.717, 1.165) is 6.42 Å². The van der Waals surface area contributed by atoms with Crippen molar-refractivity contribution in [2.45, 2.75) is 13.3 Å². The predicted octanol–water partition coefficient (Wildman–Crippen LogP) is 1.41. The summed E-state index contributed by atoms with van der Waals surface area (Å²) in [4.78, 5) is 10.2. The summed E-state index contributed by atoms with van der Waals surface area (Å²) in [5, 5.41) is -0.160. The van der Waals surface area contributed by atoms with Gasteiger partial charge in [0.15, 0.2) is 0 Å². The average molecular weight is 119 g/mol. The lowest BCUT2D eigenvalue weighted by molar-refractivity contribution is -0.112. The molecule has 40 valence electrons. The number of hydrogen-bond acceptors (Lipinski definition) is 1. The molecule has 0 bridgehead atoms. The number of hydrogen-bond donors (Lipinski definition) is 0. The second-order valence-corrected chi connectivity index (χ2v) is 2.50. The van der Waals surface area contributed by atoms with Crippen LogP contribution in [-0.4, -0.2) is 5.24 Å². The SMILES string of the molecule is C[C@H]1CC1C(=O)Cl. The van der Waals surface area contributed by atoms with Gasteiger partial charge in [-0.1, -0.05) is 6.92 Å². The van der Waals surface area contributed by atoms with Gasteiger partial charge in [-0.2, -0.15) is 0 Å². The van der Waals surface area contributed by atoms with Crippen LogP contribution in [0.25, 0.3) is 0 Å². The van der Waals surface area contributed by atoms with Gasteiger partial charge in [0.25, 0.3) is 0 Å². The second-order valence-electron chi connectivity index (χ2n) is 2.12. The van der Waals surface area contributed by atoms with Crippen LogP contribution in [0, 0.1) is 11.8 Å². The molecule has 0 spiro atoms. The minimum atomic E-state index is -0.160. The van der Waals surface area contributed by atoms with Gasteiger partial charge < -0.3 is 0 Å². The normalized spacial score (nSPS) is 38.0. The summed E-state index contributed by atoms with van der Waals surface area (Å²) < 4.78 is 0. The van der Waals surface area contributed by atoms with Crippen molar-refractivity contribution >= 4 is 16.8 Å². The van der Waals surface area contributed by atoms with E-state index >= 15 is 0 Å². The molecule has 0 radical (unpaired) electrons. The van der Waals surface area contributed by atoms with Crippen molar-refractivity contribution in [1.82, 2.24) is 0 Å². The lowest BCUT2D eigenvalue weighted by Gasteiger charge is -1.77. The molecular weight excluding hydrogens is 112 g/mol. The van der Waals surface area contributed by atoms with E-state index in [2.05, 4.69) is 0 Å². The summed E-state index contributed by atoms with van der Waals surface area (Å²) in [6.07, 6.45) is 1.00. The van der Waals surface area contributed by atoms with Crippen LogP contribution in [0.15, 0.2) is 0 Å². The highest BCUT2D eigenvalue weighted by Crippen LogP contribution is 2.39. The van der Waals surface area contributed by atoms with Crippen LogP contribution in [0.3, 0.4) is 0 Å². The Morgan fingerprint density at radius 3 is 2.29 bits per heavy atom. The van der Waals surface area contributed by atoms with Crippen molar-refractivity contribution in [2.75, 3.05) is 0 Å². The Labute approximate surface area is 47.7 Å². The zero-order valence-electron chi connectivity index (χ0n) is 4.15. The quantitative estimate of drug-likeness (QED) is 0.476. The third-order valence-corrected chi connectivity index (χ3v) is 1.68. The molecule has 0 saturated heterocycles. The first-order valence-corrected chi connectivity index (χ1v) is 2.79. The molecule has 1 fully saturated rings. The first kappa shape index (κ1) is 5.10. The molecule has 0 amide bonds. The Hall–Kier alpha value is -0.0400. The van der Waals surface area contributed by atoms with E-state index in [1.54, 1.807) is 0 Å². The minimum Gasteiger partial charge on any atom is -0.281 e. The van der Waals surface area contributed by atoms with Gasteiger partial charge in [0.05, 0.1) is 0 Å². The second kappa shape index (κ2) is 1.48. The topological polar surface area (TPSA) is 17.1 Å². The van der Waals surface area contributed by atoms with Gasteiger partial charge in [0.1, 0.15) is 0 Å². The van der Waals surface area contributed by atoms with Crippen molar-refractivity contribution < 1.29 is 4.79 Å². The summed E-state index contributed by atoms with van der Waals surface area (Å²) >= 11 is 5.13. The minimum absolute atomic E-state index is 0.160. The zero-order valence-corrected chi connectivity index (χ0v) is 4.90. The molecule has 1 nitrogen and oxygen atoms in total. The first-order chi connectivity index (χ1) is 3.22. The van der Waals surface area contributed by atoms with Crippen molar-refractivity contribution in [3.8, 4) is 0 Å². The van der Waals surface area contributed by atoms with E-state index in [1.807, 2.05) is 6.92 Å². The van der Waals surface area contributed by atoms with E-state index in [-0.39, 0.29) is 11.2 Å². The van der Waals surface area contributed by atoms with Crippen LogP contribution in [0.4, 0.5) is 0 Å². The van der Waals surface area contributed by atoms with Gasteiger partial charge in [-0.15, -0.1) is 0 Å². The van der Waals surface area contributed by atoms with Gasteiger partial charge in [-0.3, -0.25) is 4.79 Å². The number of carbonyl (C=O) groups is 1. The predicted molar refractivity (Wildman–Crippen MR) is 28.1 cm³/mol. The lowest BCUT2D eigenvalue weighted by Crippen LogP contribution is -1.87. The van der Waals surface area contributed by atoms with Gasteiger partial charge in [0, 0.05) is 5.92 Å². The van der Waals surface area contributed by atoms with Crippen LogP contribution in [0.5, 0.6) is 0 Å². The average Bonchev–Trinajstić information content (AvgIpc) is 2.17. The monoisotopic (exact) mass is 118 g/mol. The highest BCUT2D eigenvalue weighted by Gasteiger charge is 2.37. The molecule has 0 heterocycles. The largest absolute Gasteiger partial charge is 0.281 e. The molecule has 0 N–H and O–H groups in total. The molecule has 0 aromatic carbocycles. The Morgan fingerprint density at radius 2 is 2.29 bits per heavy atom. The molecule has 2 atom stereocenters. The maximum Gasteiger partial charge on any atom is 0.224 e. The smallest absolute Gasteiger partial charge is 0.224 e. The van der Waals surface area contributed by atoms with E-state index in [4.69, 9.17) is 11.6 Å². The molecule has 1 unspecified atom stereocenters. The van der Waals surface area contributed by atoms with Crippen LogP contribution in [-0.2, 0) is 4.79 Å². The summed E-state index contributed by atoms with van der Waals surface area (Å²) in [6.45, 7) is 2.03. The fourth-order valence-corrected chi connectivity index (χ4v) is 0.942. The molecule has 1 rings (SSSR count). The van der Waals surface area contributed by atoms with E-state index in [9.17, 15) is 4.79 Å². The lowest BCUT2D eigenvalue weighted by atomic mass is 10.4. The Morgan fingerprint density at radius 1 is 1.86 bits per heavy atom. The fraction of sp³-hybridized carbons (Fsp3) is 0.800. The van der Waals surface area contributed by atoms with Crippen molar-refractivity contribution in [1.29, 1.82) is 0 Å². The summed E-state index contributed by atoms with van der Waals surface area (Å²) in [5.74, 6) is 0.756. The van der Waals surface area contributed by atoms with Gasteiger partial charge in [-0.25, -0.2) is 0 Å². The highest BCUT2D eigenvalue weighted by atomic mass is 35.5. The summed E-state index contributed by atoms with van der Waals surface area (Å²) in [6, 6.07) is 0. The van der Waals surface area contributed by atoms with Crippen molar-refractivity contribution in [3.05, 3.63) is 0 Å². The molecule has 7 heavy (non-hydrogen) atoms. The van der Waals surface area contributed by atoms with Crippen LogP contribution in [0.2, 0.25) is 0 Å². The molecule has 0 aliphatic heterocycles. The summed E-state index contributed by atoms with van der Waals surface area (Å²) in [7, 11) is 0. The third kappa shape index (κ3) is 0.942. The number of carbonyl (C=O) groups excluding carboxylic acids is 1. The maximum absolute atomic E-state index is 10.2. The van der Waals surface area contributed by atoms with Crippen molar-refractivity contribution in [3.63, 3.8) is 0 Å². The molecule has 0 aromatic heterocycles. The molecule has 1 aliphatic rings. The molecule has 2 heteroatoms. The van der Waals surface area contributed by atoms with Gasteiger partial charge in [-0.05, 0) is 23.9 Å². The Bertz CT molecular complexity index is 100. The van der Waals surface area contributed by atoms with Gasteiger partial charge >= 0.3 is 0 Å². The van der Waals surface area contributed by atoms with Crippen molar-refractivity contribution in [2.24, 2.45) is 11.8 Å². The molecule has 0 aromatic rings. The maximum atomic E-state index is 10.2. The fourth-order valence-electron chi connectivity index (χ4n) is 0.638. The standard InChI is InChI=1S/C5H7ClO/c1-3-2-4(3)5(6)7/h3-4H,2H2,1H3/t3-,4?/m0/s1. The molecule has 1 saturated carbocycles. The van der Waals surface area contributed by atoms with Crippen LogP contribution < -0.4 is 0 Å². The third-order valence-electron chi connectivity index (χ3n) is 1.40. The van der Waals surface area contributed by atoms with E-state index < -0.39 is 0 Å². The zero-order chi connectivity index (χ0) is 5.44. The Kier molecular flexibility index (Phi) is 1.08. The Balaban J connectivity index is 2.33. The summed E-state index contributed by atoms with van der Waals surface area (Å²) in [5.41, 5.74) is 0. The number of halogens is 1. The first-order valence-electron chi connectivity index (χ1n) is 2.41. The highest BCUT2D eigenvalue weighted by molar-refractivity contribution is 6.64.